The molecule has 0 spiro atoms. The quantitative estimate of drug-likeness (QED) is 0.656. The minimum Gasteiger partial charge on any atom is -0.379 e. The maximum atomic E-state index is 13.5. The molecule has 0 bridgehead atoms. The lowest BCUT2D eigenvalue weighted by atomic mass is 9.61. The van der Waals surface area contributed by atoms with Gasteiger partial charge in [-0.25, -0.2) is 0 Å². The van der Waals surface area contributed by atoms with Crippen LogP contribution in [0.1, 0.15) is 49.1 Å². The maximum Gasteiger partial charge on any atom is 0.292 e. The summed E-state index contributed by atoms with van der Waals surface area (Å²) in [5.74, 6) is 0.234. The highest BCUT2D eigenvalue weighted by molar-refractivity contribution is 5.89. The third-order valence-electron chi connectivity index (χ3n) is 7.32. The van der Waals surface area contributed by atoms with Crippen molar-refractivity contribution in [2.24, 2.45) is 11.3 Å². The predicted molar refractivity (Wildman–Crippen MR) is 112 cm³/mol. The van der Waals surface area contributed by atoms with Gasteiger partial charge in [0.15, 0.2) is 0 Å². The summed E-state index contributed by atoms with van der Waals surface area (Å²) in [7, 11) is 1.51. The predicted octanol–water partition coefficient (Wildman–Crippen LogP) is 0.258. The first kappa shape index (κ1) is 22.2. The molecule has 172 valence electrons. The van der Waals surface area contributed by atoms with Gasteiger partial charge in [0.2, 0.25) is 11.8 Å². The van der Waals surface area contributed by atoms with Crippen molar-refractivity contribution in [3.8, 4) is 0 Å². The molecule has 31 heavy (non-hydrogen) atoms. The third-order valence-corrected chi connectivity index (χ3v) is 7.32. The fraction of sp³-hybridized carbons (Fsp3) is 0.810. The van der Waals surface area contributed by atoms with E-state index < -0.39 is 5.91 Å². The van der Waals surface area contributed by atoms with Crippen molar-refractivity contribution in [1.29, 1.82) is 0 Å². The molecule has 3 aliphatic rings. The zero-order valence-electron chi connectivity index (χ0n) is 18.6. The molecule has 1 aromatic rings. The first-order chi connectivity index (χ1) is 15.1. The van der Waals surface area contributed by atoms with Gasteiger partial charge in [-0.1, -0.05) is 12.1 Å². The molecule has 0 radical (unpaired) electrons. The van der Waals surface area contributed by atoms with Gasteiger partial charge in [-0.3, -0.25) is 14.5 Å². The molecule has 1 aliphatic carbocycles. The number of hydrogen-bond acceptors (Lipinski definition) is 8. The van der Waals surface area contributed by atoms with Crippen LogP contribution >= 0.6 is 0 Å². The molecular formula is C21H34N6O4. The topological polar surface area (TPSA) is 113 Å². The van der Waals surface area contributed by atoms with Gasteiger partial charge < -0.3 is 24.8 Å². The van der Waals surface area contributed by atoms with Gasteiger partial charge in [-0.05, 0) is 44.7 Å². The Bertz CT molecular complexity index is 780. The highest BCUT2D eigenvalue weighted by atomic mass is 16.5. The Morgan fingerprint density at radius 1 is 1.23 bits per heavy atom. The normalized spacial score (nSPS) is 29.9. The Kier molecular flexibility index (Phi) is 6.88. The van der Waals surface area contributed by atoms with Crippen LogP contribution in [0.2, 0.25) is 0 Å². The van der Waals surface area contributed by atoms with Crippen LogP contribution in [0, 0.1) is 11.3 Å². The second kappa shape index (κ2) is 9.62. The Hall–Kier alpha value is -2.04. The first-order valence-electron chi connectivity index (χ1n) is 11.4. The fourth-order valence-corrected chi connectivity index (χ4v) is 5.50. The molecule has 4 rings (SSSR count). The average Bonchev–Trinajstić information content (AvgIpc) is 3.30. The number of carbonyl (C=O) groups excluding carboxylic acids is 2. The zero-order valence-corrected chi connectivity index (χ0v) is 18.6. The standard InChI is InChI=1S/C21H34N6O4/c1-3-26-7-5-15-12-16(27-8-10-30-11-9-27)4-6-21(15,14-26)20(29)23-13-17-24-18(25-31-17)19(28)22-2/h15-16H,3-14H2,1-2H3,(H,22,28)(H,23,29)/t15-,16+,21-/m1/s1. The van der Waals surface area contributed by atoms with Crippen LogP contribution in [0.4, 0.5) is 0 Å². The van der Waals surface area contributed by atoms with E-state index >= 15 is 0 Å². The van der Waals surface area contributed by atoms with E-state index in [-0.39, 0.29) is 29.6 Å². The summed E-state index contributed by atoms with van der Waals surface area (Å²) in [6.45, 7) is 8.67. The number of nitrogens with zero attached hydrogens (tertiary/aromatic N) is 4. The molecular weight excluding hydrogens is 400 g/mol. The molecule has 0 aromatic carbocycles. The van der Waals surface area contributed by atoms with Crippen LogP contribution in [0.5, 0.6) is 0 Å². The number of morpholine rings is 1. The van der Waals surface area contributed by atoms with Crippen LogP contribution in [-0.2, 0) is 16.1 Å². The third kappa shape index (κ3) is 4.61. The number of fused-ring (bicyclic) bond motifs is 1. The monoisotopic (exact) mass is 434 g/mol. The van der Waals surface area contributed by atoms with Crippen LogP contribution in [0.25, 0.3) is 0 Å². The van der Waals surface area contributed by atoms with E-state index in [1.54, 1.807) is 0 Å². The Morgan fingerprint density at radius 2 is 2.03 bits per heavy atom. The van der Waals surface area contributed by atoms with Crippen molar-refractivity contribution < 1.29 is 18.8 Å². The lowest BCUT2D eigenvalue weighted by Crippen LogP contribution is -2.60. The van der Waals surface area contributed by atoms with Crippen LogP contribution in [-0.4, -0.2) is 90.8 Å². The fourth-order valence-electron chi connectivity index (χ4n) is 5.50. The first-order valence-corrected chi connectivity index (χ1v) is 11.4. The van der Waals surface area contributed by atoms with Gasteiger partial charge >= 0.3 is 0 Å². The van der Waals surface area contributed by atoms with Crippen molar-refractivity contribution >= 4 is 11.8 Å². The Labute approximate surface area is 183 Å². The summed E-state index contributed by atoms with van der Waals surface area (Å²) in [4.78, 5) is 34.2. The largest absolute Gasteiger partial charge is 0.379 e. The number of nitrogens with one attached hydrogen (secondary N) is 2. The van der Waals surface area contributed by atoms with Gasteiger partial charge in [-0.2, -0.15) is 4.98 Å². The summed E-state index contributed by atoms with van der Waals surface area (Å²) in [5, 5.41) is 9.17. The van der Waals surface area contributed by atoms with Crippen molar-refractivity contribution in [3.05, 3.63) is 11.7 Å². The van der Waals surface area contributed by atoms with Crippen molar-refractivity contribution in [2.75, 3.05) is 53.0 Å². The summed E-state index contributed by atoms with van der Waals surface area (Å²) in [6.07, 6.45) is 4.02. The van der Waals surface area contributed by atoms with E-state index in [0.717, 1.165) is 71.6 Å². The number of aromatic nitrogens is 2. The molecule has 2 aliphatic heterocycles. The van der Waals surface area contributed by atoms with Crippen LogP contribution in [0.3, 0.4) is 0 Å². The van der Waals surface area contributed by atoms with E-state index in [4.69, 9.17) is 9.26 Å². The van der Waals surface area contributed by atoms with Gasteiger partial charge in [0, 0.05) is 32.7 Å². The van der Waals surface area contributed by atoms with Gasteiger partial charge in [0.1, 0.15) is 0 Å². The van der Waals surface area contributed by atoms with E-state index in [2.05, 4.69) is 37.5 Å². The average molecular weight is 435 g/mol. The SMILES string of the molecule is CCN1CC[C@@H]2C[C@@H](N3CCOCC3)CC[C@@]2(C(=O)NCc2nc(C(=O)NC)no2)C1. The molecule has 10 nitrogen and oxygen atoms in total. The number of carbonyl (C=O) groups is 2. The molecule has 2 saturated heterocycles. The Morgan fingerprint density at radius 3 is 2.77 bits per heavy atom. The van der Waals surface area contributed by atoms with E-state index in [1.165, 1.54) is 7.05 Å². The number of ether oxygens (including phenoxy) is 1. The molecule has 2 amide bonds. The van der Waals surface area contributed by atoms with Crippen LogP contribution < -0.4 is 10.6 Å². The second-order valence-electron chi connectivity index (χ2n) is 8.86. The molecule has 3 fully saturated rings. The zero-order chi connectivity index (χ0) is 21.8. The lowest BCUT2D eigenvalue weighted by molar-refractivity contribution is -0.145. The van der Waals surface area contributed by atoms with Crippen molar-refractivity contribution in [1.82, 2.24) is 30.6 Å². The van der Waals surface area contributed by atoms with Crippen molar-refractivity contribution in [2.45, 2.75) is 45.2 Å². The van der Waals surface area contributed by atoms with Gasteiger partial charge in [0.05, 0.1) is 25.2 Å². The van der Waals surface area contributed by atoms with E-state index in [9.17, 15) is 9.59 Å². The van der Waals surface area contributed by atoms with Crippen molar-refractivity contribution in [3.63, 3.8) is 0 Å². The molecule has 0 unspecified atom stereocenters. The number of amides is 2. The molecule has 2 N–H and O–H groups in total. The summed E-state index contributed by atoms with van der Waals surface area (Å²) >= 11 is 0. The highest BCUT2D eigenvalue weighted by Gasteiger charge is 2.52. The molecule has 1 aromatic heterocycles. The molecule has 3 atom stereocenters. The van der Waals surface area contributed by atoms with E-state index in [1.807, 2.05) is 0 Å². The summed E-state index contributed by atoms with van der Waals surface area (Å²) in [6, 6.07) is 0.536. The smallest absolute Gasteiger partial charge is 0.292 e. The molecule has 1 saturated carbocycles. The number of piperidine rings is 1. The number of likely N-dealkylation sites (tertiary alicyclic amines) is 1. The second-order valence-corrected chi connectivity index (χ2v) is 8.86. The summed E-state index contributed by atoms with van der Waals surface area (Å²) < 4.78 is 10.7. The van der Waals surface area contributed by atoms with E-state index in [0.29, 0.717) is 12.0 Å². The van der Waals surface area contributed by atoms with Gasteiger partial charge in [-0.15, -0.1) is 0 Å². The minimum absolute atomic E-state index is 0.0244. The maximum absolute atomic E-state index is 13.5. The highest BCUT2D eigenvalue weighted by Crippen LogP contribution is 2.47. The minimum atomic E-state index is -0.410. The van der Waals surface area contributed by atoms with Gasteiger partial charge in [0.25, 0.3) is 11.7 Å². The lowest BCUT2D eigenvalue weighted by Gasteiger charge is -2.53. The number of rotatable bonds is 6. The number of hydrogen-bond donors (Lipinski definition) is 2. The Balaban J connectivity index is 1.44. The van der Waals surface area contributed by atoms with Crippen LogP contribution in [0.15, 0.2) is 4.52 Å². The summed E-state index contributed by atoms with van der Waals surface area (Å²) in [5.41, 5.74) is -0.388. The molecule has 3 heterocycles. The molecule has 10 heteroatoms.